The Morgan fingerprint density at radius 1 is 1.47 bits per heavy atom. The summed E-state index contributed by atoms with van der Waals surface area (Å²) in [6, 6.07) is 0. The molecule has 1 aromatic rings. The van der Waals surface area contributed by atoms with Crippen LogP contribution >= 0.6 is 0 Å². The van der Waals surface area contributed by atoms with Gasteiger partial charge in [0.25, 0.3) is 0 Å². The van der Waals surface area contributed by atoms with Gasteiger partial charge in [0.2, 0.25) is 5.95 Å². The Hall–Kier alpha value is -1.47. The lowest BCUT2D eigenvalue weighted by molar-refractivity contribution is 0.150. The van der Waals surface area contributed by atoms with Crippen molar-refractivity contribution in [3.8, 4) is 0 Å². The molecule has 7 heteroatoms. The van der Waals surface area contributed by atoms with E-state index in [0.29, 0.717) is 6.54 Å². The molecule has 0 bridgehead atoms. The van der Waals surface area contributed by atoms with Gasteiger partial charge in [0.15, 0.2) is 11.6 Å². The summed E-state index contributed by atoms with van der Waals surface area (Å²) in [5, 5.41) is 3.07. The minimum Gasteiger partial charge on any atom is -0.367 e. The van der Waals surface area contributed by atoms with Gasteiger partial charge in [-0.1, -0.05) is 6.92 Å². The van der Waals surface area contributed by atoms with Gasteiger partial charge in [0.05, 0.1) is 6.20 Å². The number of nitrogens with zero attached hydrogens (tertiary/aromatic N) is 3. The topological polar surface area (TPSA) is 79.1 Å². The number of nitrogens with two attached hydrogens (primary N) is 1. The van der Waals surface area contributed by atoms with Gasteiger partial charge < -0.3 is 10.2 Å². The predicted molar refractivity (Wildman–Crippen MR) is 73.1 cm³/mol. The maximum atomic E-state index is 13.6. The average molecular weight is 268 g/mol. The lowest BCUT2D eigenvalue weighted by atomic mass is 9.80. The van der Waals surface area contributed by atoms with Crippen LogP contribution in [0.4, 0.5) is 16.2 Å². The van der Waals surface area contributed by atoms with Crippen LogP contribution in [0.25, 0.3) is 0 Å². The molecule has 6 nitrogen and oxygen atoms in total. The van der Waals surface area contributed by atoms with Gasteiger partial charge in [-0.3, -0.25) is 5.43 Å². The quantitative estimate of drug-likeness (QED) is 0.559. The number of likely N-dealkylation sites (tertiary alicyclic amines) is 1. The van der Waals surface area contributed by atoms with Crippen LogP contribution in [0.2, 0.25) is 0 Å². The molecule has 0 atom stereocenters. The molecule has 0 unspecified atom stereocenters. The van der Waals surface area contributed by atoms with Crippen molar-refractivity contribution in [1.29, 1.82) is 0 Å². The van der Waals surface area contributed by atoms with Crippen molar-refractivity contribution in [2.45, 2.75) is 19.8 Å². The fraction of sp³-hybridized carbons (Fsp3) is 0.667. The highest BCUT2D eigenvalue weighted by molar-refractivity contribution is 5.40. The first-order chi connectivity index (χ1) is 9.02. The van der Waals surface area contributed by atoms with Crippen molar-refractivity contribution >= 4 is 11.8 Å². The molecule has 0 aromatic carbocycles. The van der Waals surface area contributed by atoms with E-state index in [4.69, 9.17) is 5.84 Å². The molecule has 1 aliphatic rings. The average Bonchev–Trinajstić information content (AvgIpc) is 2.42. The number of piperidine rings is 1. The Balaban J connectivity index is 1.98. The lowest BCUT2D eigenvalue weighted by Crippen LogP contribution is -2.40. The Kier molecular flexibility index (Phi) is 4.16. The summed E-state index contributed by atoms with van der Waals surface area (Å²) < 4.78 is 13.6. The van der Waals surface area contributed by atoms with Gasteiger partial charge in [-0.25, -0.2) is 15.2 Å². The fourth-order valence-electron chi connectivity index (χ4n) is 2.19. The lowest BCUT2D eigenvalue weighted by Gasteiger charge is -2.38. The normalized spacial score (nSPS) is 19.2. The molecule has 4 N–H and O–H groups in total. The Labute approximate surface area is 112 Å². The molecule has 0 amide bonds. The first-order valence-corrected chi connectivity index (χ1v) is 6.44. The van der Waals surface area contributed by atoms with Crippen LogP contribution in [0.5, 0.6) is 0 Å². The monoisotopic (exact) mass is 268 g/mol. The van der Waals surface area contributed by atoms with E-state index in [1.54, 1.807) is 0 Å². The number of hydrogen-bond donors (Lipinski definition) is 3. The van der Waals surface area contributed by atoms with E-state index in [-0.39, 0.29) is 17.2 Å². The molecule has 1 saturated heterocycles. The fourth-order valence-corrected chi connectivity index (χ4v) is 2.19. The minimum absolute atomic E-state index is 0.167. The molecule has 106 valence electrons. The Morgan fingerprint density at radius 2 is 2.16 bits per heavy atom. The maximum absolute atomic E-state index is 13.6. The van der Waals surface area contributed by atoms with E-state index in [2.05, 4.69) is 39.6 Å². The van der Waals surface area contributed by atoms with Crippen LogP contribution in [0, 0.1) is 11.2 Å². The number of rotatable bonds is 4. The van der Waals surface area contributed by atoms with Gasteiger partial charge in [-0.15, -0.1) is 0 Å². The largest absolute Gasteiger partial charge is 0.367 e. The number of anilines is 2. The summed E-state index contributed by atoms with van der Waals surface area (Å²) in [5.41, 5.74) is 2.48. The first-order valence-electron chi connectivity index (χ1n) is 6.44. The standard InChI is InChI=1S/C12H21FN6/c1-12(3-5-19(2)6-4-12)8-16-10-9(13)7-15-11(17-10)18-14/h7H,3-6,8,14H2,1-2H3,(H2,15,16,17,18). The van der Waals surface area contributed by atoms with Crippen molar-refractivity contribution in [1.82, 2.24) is 14.9 Å². The van der Waals surface area contributed by atoms with Crippen molar-refractivity contribution in [2.75, 3.05) is 37.4 Å². The van der Waals surface area contributed by atoms with E-state index in [0.717, 1.165) is 32.1 Å². The van der Waals surface area contributed by atoms with Crippen molar-refractivity contribution < 1.29 is 4.39 Å². The van der Waals surface area contributed by atoms with E-state index < -0.39 is 5.82 Å². The van der Waals surface area contributed by atoms with Crippen LogP contribution in [0.3, 0.4) is 0 Å². The van der Waals surface area contributed by atoms with Crippen LogP contribution in [-0.2, 0) is 0 Å². The number of hydrogen-bond acceptors (Lipinski definition) is 6. The molecule has 0 aliphatic carbocycles. The molecular weight excluding hydrogens is 247 g/mol. The Morgan fingerprint density at radius 3 is 2.79 bits per heavy atom. The predicted octanol–water partition coefficient (Wildman–Crippen LogP) is 1.05. The first kappa shape index (κ1) is 14.0. The van der Waals surface area contributed by atoms with Gasteiger partial charge in [0.1, 0.15) is 0 Å². The molecule has 2 rings (SSSR count). The molecule has 1 aromatic heterocycles. The molecule has 0 saturated carbocycles. The number of nitrogens with one attached hydrogen (secondary N) is 2. The van der Waals surface area contributed by atoms with E-state index >= 15 is 0 Å². The molecule has 2 heterocycles. The summed E-state index contributed by atoms with van der Waals surface area (Å²) in [4.78, 5) is 10.00. The second-order valence-electron chi connectivity index (χ2n) is 5.50. The minimum atomic E-state index is -0.462. The second-order valence-corrected chi connectivity index (χ2v) is 5.50. The van der Waals surface area contributed by atoms with E-state index in [1.807, 2.05) is 0 Å². The molecule has 0 radical (unpaired) electrons. The second kappa shape index (κ2) is 5.66. The third kappa shape index (κ3) is 3.51. The molecule has 1 fully saturated rings. The highest BCUT2D eigenvalue weighted by Gasteiger charge is 2.29. The highest BCUT2D eigenvalue weighted by Crippen LogP contribution is 2.30. The third-order valence-electron chi connectivity index (χ3n) is 3.75. The van der Waals surface area contributed by atoms with Crippen LogP contribution in [0.15, 0.2) is 6.20 Å². The maximum Gasteiger partial charge on any atom is 0.239 e. The zero-order chi connectivity index (χ0) is 13.9. The van der Waals surface area contributed by atoms with Crippen molar-refractivity contribution in [3.63, 3.8) is 0 Å². The van der Waals surface area contributed by atoms with Gasteiger partial charge in [-0.05, 0) is 38.4 Å². The molecular formula is C12H21FN6. The molecule has 0 spiro atoms. The zero-order valence-corrected chi connectivity index (χ0v) is 11.4. The number of hydrazine groups is 1. The SMILES string of the molecule is CN1CCC(C)(CNc2nc(NN)ncc2F)CC1. The van der Waals surface area contributed by atoms with Gasteiger partial charge in [-0.2, -0.15) is 4.98 Å². The van der Waals surface area contributed by atoms with E-state index in [9.17, 15) is 4.39 Å². The van der Waals surface area contributed by atoms with Crippen molar-refractivity contribution in [3.05, 3.63) is 12.0 Å². The summed E-state index contributed by atoms with van der Waals surface area (Å²) in [6.07, 6.45) is 3.29. The summed E-state index contributed by atoms with van der Waals surface area (Å²) in [5.74, 6) is 5.16. The highest BCUT2D eigenvalue weighted by atomic mass is 19.1. The van der Waals surface area contributed by atoms with E-state index in [1.165, 1.54) is 0 Å². The summed E-state index contributed by atoms with van der Waals surface area (Å²) in [6.45, 7) is 5.05. The summed E-state index contributed by atoms with van der Waals surface area (Å²) >= 11 is 0. The van der Waals surface area contributed by atoms with Crippen molar-refractivity contribution in [2.24, 2.45) is 11.3 Å². The van der Waals surface area contributed by atoms with Crippen LogP contribution in [0.1, 0.15) is 19.8 Å². The smallest absolute Gasteiger partial charge is 0.239 e. The number of aromatic nitrogens is 2. The third-order valence-corrected chi connectivity index (χ3v) is 3.75. The van der Waals surface area contributed by atoms with Crippen LogP contribution < -0.4 is 16.6 Å². The number of nitrogen functional groups attached to an aromatic ring is 1. The number of halogens is 1. The Bertz CT molecular complexity index is 430. The van der Waals surface area contributed by atoms with Gasteiger partial charge in [0, 0.05) is 6.54 Å². The van der Waals surface area contributed by atoms with Gasteiger partial charge >= 0.3 is 0 Å². The zero-order valence-electron chi connectivity index (χ0n) is 11.4. The molecule has 1 aliphatic heterocycles. The van der Waals surface area contributed by atoms with Crippen LogP contribution in [-0.4, -0.2) is 41.5 Å². The molecule has 19 heavy (non-hydrogen) atoms. The summed E-state index contributed by atoms with van der Waals surface area (Å²) in [7, 11) is 2.12.